The summed E-state index contributed by atoms with van der Waals surface area (Å²) in [6.07, 6.45) is -4.10. The number of carbonyl (C=O) groups is 1. The lowest BCUT2D eigenvalue weighted by Crippen LogP contribution is -2.27. The van der Waals surface area contributed by atoms with Gasteiger partial charge in [0.2, 0.25) is 0 Å². The molecule has 1 heterocycles. The minimum atomic E-state index is -4.70. The fraction of sp³-hybridized carbons (Fsp3) is 0.190. The molecule has 0 radical (unpaired) electrons. The van der Waals surface area contributed by atoms with Crippen molar-refractivity contribution in [1.82, 2.24) is 5.32 Å². The molecule has 1 aromatic heterocycles. The van der Waals surface area contributed by atoms with Gasteiger partial charge in [-0.2, -0.15) is 13.2 Å². The van der Waals surface area contributed by atoms with Crippen molar-refractivity contribution in [2.24, 2.45) is 0 Å². The predicted octanol–water partition coefficient (Wildman–Crippen LogP) is 4.55. The minimum Gasteiger partial charge on any atom is -0.497 e. The average Bonchev–Trinajstić information content (AvgIpc) is 3.27. The summed E-state index contributed by atoms with van der Waals surface area (Å²) in [6, 6.07) is 11.3. The van der Waals surface area contributed by atoms with Crippen molar-refractivity contribution in [2.45, 2.75) is 17.5 Å². The Labute approximate surface area is 187 Å². The van der Waals surface area contributed by atoms with Crippen LogP contribution in [0.25, 0.3) is 0 Å². The quantitative estimate of drug-likeness (QED) is 0.491. The van der Waals surface area contributed by atoms with Gasteiger partial charge in [0.05, 0.1) is 28.8 Å². The SMILES string of the molecule is COc1ccc(NS(=O)(=O)c2cccc(C(F)(F)F)c2)c(C(=O)NCCc2cccs2)c1. The van der Waals surface area contributed by atoms with Crippen LogP contribution < -0.4 is 14.8 Å². The zero-order valence-corrected chi connectivity index (χ0v) is 18.4. The van der Waals surface area contributed by atoms with Crippen LogP contribution >= 0.6 is 11.3 Å². The van der Waals surface area contributed by atoms with Crippen LogP contribution in [0.5, 0.6) is 5.75 Å². The Hall–Kier alpha value is -3.05. The number of hydrogen-bond donors (Lipinski definition) is 2. The molecule has 0 atom stereocenters. The van der Waals surface area contributed by atoms with Gasteiger partial charge in [-0.3, -0.25) is 9.52 Å². The first-order valence-corrected chi connectivity index (χ1v) is 11.6. The fourth-order valence-corrected chi connectivity index (χ4v) is 4.65. The summed E-state index contributed by atoms with van der Waals surface area (Å²) >= 11 is 1.54. The third-order valence-electron chi connectivity index (χ3n) is 4.42. The number of ether oxygens (including phenoxy) is 1. The molecule has 0 unspecified atom stereocenters. The van der Waals surface area contributed by atoms with Crippen LogP contribution in [0, 0.1) is 0 Å². The molecule has 6 nitrogen and oxygen atoms in total. The van der Waals surface area contributed by atoms with Crippen molar-refractivity contribution < 1.29 is 31.1 Å². The lowest BCUT2D eigenvalue weighted by molar-refractivity contribution is -0.137. The van der Waals surface area contributed by atoms with E-state index in [1.165, 1.54) is 25.3 Å². The number of thiophene rings is 1. The second-order valence-electron chi connectivity index (χ2n) is 6.63. The molecule has 0 bridgehead atoms. The van der Waals surface area contributed by atoms with Gasteiger partial charge in [0.15, 0.2) is 0 Å². The third-order valence-corrected chi connectivity index (χ3v) is 6.72. The van der Waals surface area contributed by atoms with E-state index in [2.05, 4.69) is 10.0 Å². The van der Waals surface area contributed by atoms with Crippen LogP contribution in [0.3, 0.4) is 0 Å². The van der Waals surface area contributed by atoms with Crippen LogP contribution in [0.15, 0.2) is 64.9 Å². The molecule has 0 saturated carbocycles. The molecule has 0 fully saturated rings. The monoisotopic (exact) mass is 484 g/mol. The summed E-state index contributed by atoms with van der Waals surface area (Å²) < 4.78 is 71.7. The normalized spacial score (nSPS) is 11.8. The standard InChI is InChI=1S/C21H19F3N2O4S2/c1-30-15-7-8-19(18(13-15)20(27)25-10-9-16-5-3-11-31-16)26-32(28,29)17-6-2-4-14(12-17)21(22,23)24/h2-8,11-13,26H,9-10H2,1H3,(H,25,27). The van der Waals surface area contributed by atoms with Crippen molar-refractivity contribution in [2.75, 3.05) is 18.4 Å². The number of sulfonamides is 1. The molecule has 0 spiro atoms. The van der Waals surface area contributed by atoms with E-state index in [-0.39, 0.29) is 11.3 Å². The molecule has 3 aromatic rings. The number of halogens is 3. The minimum absolute atomic E-state index is 0.0221. The molecule has 11 heteroatoms. The molecular formula is C21H19F3N2O4S2. The lowest BCUT2D eigenvalue weighted by Gasteiger charge is -2.15. The molecule has 0 saturated heterocycles. The van der Waals surface area contributed by atoms with Gasteiger partial charge in [0.1, 0.15) is 5.75 Å². The summed E-state index contributed by atoms with van der Waals surface area (Å²) in [4.78, 5) is 13.2. The van der Waals surface area contributed by atoms with Crippen molar-refractivity contribution in [1.29, 1.82) is 0 Å². The molecule has 2 aromatic carbocycles. The van der Waals surface area contributed by atoms with E-state index in [1.54, 1.807) is 11.3 Å². The maximum atomic E-state index is 13.0. The van der Waals surface area contributed by atoms with Gasteiger partial charge >= 0.3 is 6.18 Å². The molecule has 32 heavy (non-hydrogen) atoms. The van der Waals surface area contributed by atoms with Crippen LogP contribution in [-0.4, -0.2) is 28.0 Å². The summed E-state index contributed by atoms with van der Waals surface area (Å²) in [5.74, 6) is -0.238. The van der Waals surface area contributed by atoms with E-state index in [0.717, 1.165) is 23.1 Å². The molecular weight excluding hydrogens is 465 g/mol. The average molecular weight is 485 g/mol. The van der Waals surface area contributed by atoms with E-state index in [9.17, 15) is 26.4 Å². The van der Waals surface area contributed by atoms with Gasteiger partial charge in [-0.05, 0) is 54.3 Å². The number of rotatable bonds is 8. The van der Waals surface area contributed by atoms with E-state index in [0.29, 0.717) is 24.8 Å². The van der Waals surface area contributed by atoms with Crippen molar-refractivity contribution in [3.05, 3.63) is 76.0 Å². The number of anilines is 1. The highest BCUT2D eigenvalue weighted by molar-refractivity contribution is 7.92. The maximum absolute atomic E-state index is 13.0. The van der Waals surface area contributed by atoms with Crippen molar-refractivity contribution >= 4 is 33.0 Å². The van der Waals surface area contributed by atoms with Gasteiger partial charge in [-0.15, -0.1) is 11.3 Å². The molecule has 170 valence electrons. The largest absolute Gasteiger partial charge is 0.497 e. The van der Waals surface area contributed by atoms with Crippen molar-refractivity contribution in [3.8, 4) is 5.75 Å². The second-order valence-corrected chi connectivity index (χ2v) is 9.34. The van der Waals surface area contributed by atoms with Crippen LogP contribution in [0.1, 0.15) is 20.8 Å². The molecule has 2 N–H and O–H groups in total. The Bertz CT molecular complexity index is 1190. The number of hydrogen-bond acceptors (Lipinski definition) is 5. The summed E-state index contributed by atoms with van der Waals surface area (Å²) in [7, 11) is -3.01. The Morgan fingerprint density at radius 2 is 1.88 bits per heavy atom. The zero-order valence-electron chi connectivity index (χ0n) is 16.8. The first-order valence-electron chi connectivity index (χ1n) is 9.29. The number of amides is 1. The van der Waals surface area contributed by atoms with E-state index < -0.39 is 32.6 Å². The van der Waals surface area contributed by atoms with Crippen molar-refractivity contribution in [3.63, 3.8) is 0 Å². The molecule has 0 aliphatic heterocycles. The molecule has 1 amide bonds. The Morgan fingerprint density at radius 3 is 2.53 bits per heavy atom. The second kappa shape index (κ2) is 9.61. The first kappa shape index (κ1) is 23.6. The highest BCUT2D eigenvalue weighted by Crippen LogP contribution is 2.31. The van der Waals surface area contributed by atoms with Crippen LogP contribution in [-0.2, 0) is 22.6 Å². The van der Waals surface area contributed by atoms with Gasteiger partial charge in [-0.25, -0.2) is 8.42 Å². The third kappa shape index (κ3) is 5.80. The Kier molecular flexibility index (Phi) is 7.09. The van der Waals surface area contributed by atoms with E-state index in [1.807, 2.05) is 17.5 Å². The van der Waals surface area contributed by atoms with Gasteiger partial charge in [0.25, 0.3) is 15.9 Å². The summed E-state index contributed by atoms with van der Waals surface area (Å²) in [5, 5.41) is 4.63. The Balaban J connectivity index is 1.84. The number of benzene rings is 2. The smallest absolute Gasteiger partial charge is 0.416 e. The topological polar surface area (TPSA) is 84.5 Å². The highest BCUT2D eigenvalue weighted by Gasteiger charge is 2.32. The van der Waals surface area contributed by atoms with Gasteiger partial charge in [-0.1, -0.05) is 12.1 Å². The zero-order chi connectivity index (χ0) is 23.4. The van der Waals surface area contributed by atoms with Gasteiger partial charge in [0, 0.05) is 11.4 Å². The van der Waals surface area contributed by atoms with Crippen LogP contribution in [0.4, 0.5) is 18.9 Å². The summed E-state index contributed by atoms with van der Waals surface area (Å²) in [6.45, 7) is 0.316. The number of carbonyl (C=O) groups excluding carboxylic acids is 1. The maximum Gasteiger partial charge on any atom is 0.416 e. The van der Waals surface area contributed by atoms with E-state index in [4.69, 9.17) is 4.74 Å². The van der Waals surface area contributed by atoms with Crippen LogP contribution in [0.2, 0.25) is 0 Å². The lowest BCUT2D eigenvalue weighted by atomic mass is 10.1. The van der Waals surface area contributed by atoms with Gasteiger partial charge < -0.3 is 10.1 Å². The number of alkyl halides is 3. The first-order chi connectivity index (χ1) is 15.1. The molecule has 0 aliphatic carbocycles. The number of nitrogens with one attached hydrogen (secondary N) is 2. The summed E-state index contributed by atoms with van der Waals surface area (Å²) in [5.41, 5.74) is -1.20. The molecule has 0 aliphatic rings. The Morgan fingerprint density at radius 1 is 1.09 bits per heavy atom. The highest BCUT2D eigenvalue weighted by atomic mass is 32.2. The molecule has 3 rings (SSSR count). The fourth-order valence-electron chi connectivity index (χ4n) is 2.82. The van der Waals surface area contributed by atoms with E-state index >= 15 is 0 Å². The number of methoxy groups -OCH3 is 1. The predicted molar refractivity (Wildman–Crippen MR) is 116 cm³/mol.